The molecule has 23 heavy (non-hydrogen) atoms. The van der Waals surface area contributed by atoms with Gasteiger partial charge in [0.1, 0.15) is 5.75 Å². The number of aliphatic hydroxyl groups excluding tert-OH is 1. The summed E-state index contributed by atoms with van der Waals surface area (Å²) in [5.74, 6) is 0.687. The van der Waals surface area contributed by atoms with Crippen molar-refractivity contribution in [3.63, 3.8) is 0 Å². The third kappa shape index (κ3) is 4.69. The standard InChI is InChI=1S/C17H24N2O4/c1-13(20)18-9-10-19(12-15(21)11-18)17(22)8-7-14-5-3-4-6-16(14)23-2/h3-6,15,21H,7-12H2,1-2H3. The van der Waals surface area contributed by atoms with Crippen LogP contribution in [0.3, 0.4) is 0 Å². The lowest BCUT2D eigenvalue weighted by molar-refractivity contribution is -0.132. The van der Waals surface area contributed by atoms with E-state index >= 15 is 0 Å². The third-order valence-electron chi connectivity index (χ3n) is 4.10. The van der Waals surface area contributed by atoms with E-state index in [0.717, 1.165) is 11.3 Å². The summed E-state index contributed by atoms with van der Waals surface area (Å²) < 4.78 is 5.29. The lowest BCUT2D eigenvalue weighted by Gasteiger charge is -2.21. The maximum Gasteiger partial charge on any atom is 0.223 e. The fourth-order valence-electron chi connectivity index (χ4n) is 2.81. The number of benzene rings is 1. The molecule has 1 aromatic rings. The molecule has 6 heteroatoms. The predicted molar refractivity (Wildman–Crippen MR) is 86.2 cm³/mol. The van der Waals surface area contributed by atoms with Crippen molar-refractivity contribution >= 4 is 11.8 Å². The SMILES string of the molecule is COc1ccccc1CCC(=O)N1CCN(C(C)=O)CC(O)C1. The molecule has 0 spiro atoms. The highest BCUT2D eigenvalue weighted by Gasteiger charge is 2.25. The van der Waals surface area contributed by atoms with Gasteiger partial charge in [-0.2, -0.15) is 0 Å². The van der Waals surface area contributed by atoms with Crippen LogP contribution in [0.5, 0.6) is 5.75 Å². The molecule has 2 amide bonds. The average molecular weight is 320 g/mol. The van der Waals surface area contributed by atoms with Crippen LogP contribution in [-0.4, -0.2) is 66.1 Å². The summed E-state index contributed by atoms with van der Waals surface area (Å²) in [6, 6.07) is 7.63. The number of aliphatic hydroxyl groups is 1. The van der Waals surface area contributed by atoms with E-state index in [1.54, 1.807) is 16.9 Å². The number of carbonyl (C=O) groups excluding carboxylic acids is 2. The van der Waals surface area contributed by atoms with Gasteiger partial charge < -0.3 is 19.6 Å². The molecule has 0 saturated carbocycles. The lowest BCUT2D eigenvalue weighted by Crippen LogP contribution is -2.37. The van der Waals surface area contributed by atoms with Gasteiger partial charge in [-0.05, 0) is 18.1 Å². The van der Waals surface area contributed by atoms with E-state index < -0.39 is 6.10 Å². The van der Waals surface area contributed by atoms with Gasteiger partial charge in [0.25, 0.3) is 0 Å². The van der Waals surface area contributed by atoms with Crippen LogP contribution in [-0.2, 0) is 16.0 Å². The van der Waals surface area contributed by atoms with E-state index in [1.165, 1.54) is 6.92 Å². The maximum atomic E-state index is 12.4. The molecule has 1 atom stereocenters. The number of hydrogen-bond donors (Lipinski definition) is 1. The van der Waals surface area contributed by atoms with Gasteiger partial charge in [-0.3, -0.25) is 9.59 Å². The van der Waals surface area contributed by atoms with Crippen LogP contribution >= 0.6 is 0 Å². The lowest BCUT2D eigenvalue weighted by atomic mass is 10.1. The Balaban J connectivity index is 1.93. The number of rotatable bonds is 4. The van der Waals surface area contributed by atoms with E-state index in [9.17, 15) is 14.7 Å². The Morgan fingerprint density at radius 3 is 2.57 bits per heavy atom. The first-order chi connectivity index (χ1) is 11.0. The molecule has 1 N–H and O–H groups in total. The highest BCUT2D eigenvalue weighted by Crippen LogP contribution is 2.19. The molecular weight excluding hydrogens is 296 g/mol. The van der Waals surface area contributed by atoms with Gasteiger partial charge >= 0.3 is 0 Å². The summed E-state index contributed by atoms with van der Waals surface area (Å²) in [5.41, 5.74) is 0.990. The van der Waals surface area contributed by atoms with Crippen molar-refractivity contribution in [2.75, 3.05) is 33.3 Å². The molecule has 126 valence electrons. The third-order valence-corrected chi connectivity index (χ3v) is 4.10. The monoisotopic (exact) mass is 320 g/mol. The zero-order valence-electron chi connectivity index (χ0n) is 13.7. The molecule has 1 heterocycles. The minimum absolute atomic E-state index is 0.0136. The minimum atomic E-state index is -0.698. The summed E-state index contributed by atoms with van der Waals surface area (Å²) in [5, 5.41) is 9.99. The molecule has 0 radical (unpaired) electrons. The van der Waals surface area contributed by atoms with Gasteiger partial charge in [0.2, 0.25) is 11.8 Å². The quantitative estimate of drug-likeness (QED) is 0.886. The summed E-state index contributed by atoms with van der Waals surface area (Å²) in [6.45, 7) is 2.96. The number of β-amino-alcohol motifs (C(OH)–C–C–N with tert-alkyl or cyclic N) is 1. The molecule has 1 fully saturated rings. The number of nitrogens with zero attached hydrogens (tertiary/aromatic N) is 2. The second-order valence-corrected chi connectivity index (χ2v) is 5.77. The zero-order chi connectivity index (χ0) is 16.8. The number of aryl methyl sites for hydroxylation is 1. The van der Waals surface area contributed by atoms with E-state index in [4.69, 9.17) is 4.74 Å². The molecule has 1 unspecified atom stereocenters. The first kappa shape index (κ1) is 17.3. The second kappa shape index (κ2) is 7.97. The fraction of sp³-hybridized carbons (Fsp3) is 0.529. The zero-order valence-corrected chi connectivity index (χ0v) is 13.7. The molecule has 1 saturated heterocycles. The van der Waals surface area contributed by atoms with Gasteiger partial charge in [-0.1, -0.05) is 18.2 Å². The van der Waals surface area contributed by atoms with Gasteiger partial charge in [0, 0.05) is 39.5 Å². The molecule has 6 nitrogen and oxygen atoms in total. The van der Waals surface area contributed by atoms with E-state index in [1.807, 2.05) is 24.3 Å². The van der Waals surface area contributed by atoms with Crippen molar-refractivity contribution in [3.8, 4) is 5.75 Å². The Kier molecular flexibility index (Phi) is 5.98. The second-order valence-electron chi connectivity index (χ2n) is 5.77. The first-order valence-corrected chi connectivity index (χ1v) is 7.84. The molecule has 0 bridgehead atoms. The fourth-order valence-corrected chi connectivity index (χ4v) is 2.81. The minimum Gasteiger partial charge on any atom is -0.496 e. The molecule has 0 aliphatic carbocycles. The number of carbonyl (C=O) groups is 2. The number of hydrogen-bond acceptors (Lipinski definition) is 4. The van der Waals surface area contributed by atoms with Crippen molar-refractivity contribution in [1.29, 1.82) is 0 Å². The van der Waals surface area contributed by atoms with Crippen molar-refractivity contribution in [3.05, 3.63) is 29.8 Å². The molecule has 1 aliphatic heterocycles. The van der Waals surface area contributed by atoms with Crippen LogP contribution in [0.2, 0.25) is 0 Å². The van der Waals surface area contributed by atoms with Crippen LogP contribution in [0.4, 0.5) is 0 Å². The Bertz CT molecular complexity index is 561. The largest absolute Gasteiger partial charge is 0.496 e. The van der Waals surface area contributed by atoms with Crippen LogP contribution in [0.15, 0.2) is 24.3 Å². The van der Waals surface area contributed by atoms with Crippen molar-refractivity contribution in [2.24, 2.45) is 0 Å². The maximum absolute atomic E-state index is 12.4. The average Bonchev–Trinajstić information content (AvgIpc) is 2.74. The van der Waals surface area contributed by atoms with E-state index in [-0.39, 0.29) is 24.9 Å². The summed E-state index contributed by atoms with van der Waals surface area (Å²) in [6.07, 6.45) is 0.246. The first-order valence-electron chi connectivity index (χ1n) is 7.84. The molecule has 0 aromatic heterocycles. The normalized spacial score (nSPS) is 18.5. The predicted octanol–water partition coefficient (Wildman–Crippen LogP) is 0.679. The Hall–Kier alpha value is -2.08. The van der Waals surface area contributed by atoms with Crippen molar-refractivity contribution in [2.45, 2.75) is 25.9 Å². The van der Waals surface area contributed by atoms with Crippen molar-refractivity contribution < 1.29 is 19.4 Å². The van der Waals surface area contributed by atoms with Gasteiger partial charge in [0.15, 0.2) is 0 Å². The molecular formula is C17H24N2O4. The Morgan fingerprint density at radius 2 is 1.87 bits per heavy atom. The Labute approximate surface area is 136 Å². The highest BCUT2D eigenvalue weighted by atomic mass is 16.5. The summed E-state index contributed by atoms with van der Waals surface area (Å²) >= 11 is 0. The number of ether oxygens (including phenoxy) is 1. The topological polar surface area (TPSA) is 70.1 Å². The molecule has 2 rings (SSSR count). The summed E-state index contributed by atoms with van der Waals surface area (Å²) in [4.78, 5) is 27.1. The number of methoxy groups -OCH3 is 1. The molecule has 1 aromatic carbocycles. The number of para-hydroxylation sites is 1. The van der Waals surface area contributed by atoms with Crippen molar-refractivity contribution in [1.82, 2.24) is 9.80 Å². The van der Waals surface area contributed by atoms with Gasteiger partial charge in [-0.15, -0.1) is 0 Å². The van der Waals surface area contributed by atoms with Crippen LogP contribution in [0.25, 0.3) is 0 Å². The highest BCUT2D eigenvalue weighted by molar-refractivity contribution is 5.77. The van der Waals surface area contributed by atoms with E-state index in [2.05, 4.69) is 0 Å². The van der Waals surface area contributed by atoms with Gasteiger partial charge in [-0.25, -0.2) is 0 Å². The van der Waals surface area contributed by atoms with E-state index in [0.29, 0.717) is 25.9 Å². The summed E-state index contributed by atoms with van der Waals surface area (Å²) in [7, 11) is 1.61. The van der Waals surface area contributed by atoms with Crippen LogP contribution in [0, 0.1) is 0 Å². The Morgan fingerprint density at radius 1 is 1.22 bits per heavy atom. The number of amides is 2. The van der Waals surface area contributed by atoms with Crippen LogP contribution in [0.1, 0.15) is 18.9 Å². The molecule has 1 aliphatic rings. The van der Waals surface area contributed by atoms with Crippen LogP contribution < -0.4 is 4.74 Å². The van der Waals surface area contributed by atoms with Gasteiger partial charge in [0.05, 0.1) is 13.2 Å². The smallest absolute Gasteiger partial charge is 0.223 e.